The fraction of sp³-hybridized carbons (Fsp3) is 0.304. The molecule has 3 rings (SSSR count). The van der Waals surface area contributed by atoms with Crippen molar-refractivity contribution < 1.29 is 9.90 Å². The van der Waals surface area contributed by atoms with Gasteiger partial charge in [-0.25, -0.2) is 4.79 Å². The molecule has 26 heavy (non-hydrogen) atoms. The Morgan fingerprint density at radius 3 is 2.35 bits per heavy atom. The van der Waals surface area contributed by atoms with Crippen molar-refractivity contribution in [1.82, 2.24) is 0 Å². The minimum atomic E-state index is -0.926. The van der Waals surface area contributed by atoms with Gasteiger partial charge in [0.05, 0.1) is 5.56 Å². The van der Waals surface area contributed by atoms with Crippen LogP contribution in [-0.4, -0.2) is 15.9 Å². The van der Waals surface area contributed by atoms with Crippen molar-refractivity contribution in [3.63, 3.8) is 0 Å². The number of benzene rings is 2. The van der Waals surface area contributed by atoms with Crippen molar-refractivity contribution in [2.24, 2.45) is 0 Å². The highest BCUT2D eigenvalue weighted by molar-refractivity contribution is 7.80. The van der Waals surface area contributed by atoms with Crippen LogP contribution < -0.4 is 0 Å². The molecular weight excluding hydrogens is 340 g/mol. The fourth-order valence-electron chi connectivity index (χ4n) is 3.58. The van der Waals surface area contributed by atoms with E-state index in [1.807, 2.05) is 6.92 Å². The predicted octanol–water partition coefficient (Wildman–Crippen LogP) is 5.33. The summed E-state index contributed by atoms with van der Waals surface area (Å²) in [6, 6.07) is 13.1. The van der Waals surface area contributed by atoms with E-state index >= 15 is 0 Å². The number of hydrogen-bond acceptors (Lipinski definition) is 2. The number of aromatic carboxylic acids is 1. The highest BCUT2D eigenvalue weighted by Gasteiger charge is 2.33. The molecule has 1 unspecified atom stereocenters. The van der Waals surface area contributed by atoms with Crippen molar-refractivity contribution in [1.29, 1.82) is 0 Å². The lowest BCUT2D eigenvalue weighted by Gasteiger charge is -2.37. The van der Waals surface area contributed by atoms with Gasteiger partial charge >= 0.3 is 5.97 Å². The Hall–Kier alpha value is -2.44. The van der Waals surface area contributed by atoms with E-state index in [0.717, 1.165) is 28.8 Å². The van der Waals surface area contributed by atoms with Crippen molar-refractivity contribution >= 4 is 23.1 Å². The van der Waals surface area contributed by atoms with Crippen LogP contribution >= 0.6 is 12.2 Å². The normalized spacial score (nSPS) is 17.6. The van der Waals surface area contributed by atoms with E-state index in [-0.39, 0.29) is 11.0 Å². The number of hydrogen-bond donors (Lipinski definition) is 1. The molecule has 0 aliphatic heterocycles. The third-order valence-corrected chi connectivity index (χ3v) is 5.47. The van der Waals surface area contributed by atoms with Crippen molar-refractivity contribution in [3.8, 4) is 11.8 Å². The molecule has 0 bridgehead atoms. The van der Waals surface area contributed by atoms with Crippen molar-refractivity contribution in [3.05, 3.63) is 70.3 Å². The number of thiocarbonyl (C=S) groups is 1. The molecule has 0 fully saturated rings. The summed E-state index contributed by atoms with van der Waals surface area (Å²) >= 11 is 5.47. The third-order valence-electron chi connectivity index (χ3n) is 5.19. The summed E-state index contributed by atoms with van der Waals surface area (Å²) in [7, 11) is 0. The standard InChI is InChI=1S/C23H22O2S/c1-15(26)19-12-13-23(2,3)21-14-17(8-11-20(19)21)5-4-16-6-9-18(10-7-16)22(24)25/h6-11,14,19H,12-13H2,1-3H3,(H,24,25). The van der Waals surface area contributed by atoms with Gasteiger partial charge in [-0.3, -0.25) is 0 Å². The Morgan fingerprint density at radius 1 is 1.12 bits per heavy atom. The first-order valence-electron chi connectivity index (χ1n) is 8.78. The smallest absolute Gasteiger partial charge is 0.335 e. The molecule has 1 N–H and O–H groups in total. The maximum absolute atomic E-state index is 10.9. The quantitative estimate of drug-likeness (QED) is 0.579. The molecule has 0 saturated heterocycles. The molecule has 3 heteroatoms. The third kappa shape index (κ3) is 3.71. The fourth-order valence-corrected chi connectivity index (χ4v) is 3.83. The summed E-state index contributed by atoms with van der Waals surface area (Å²) in [5, 5.41) is 8.96. The zero-order chi connectivity index (χ0) is 18.9. The van der Waals surface area contributed by atoms with E-state index in [2.05, 4.69) is 43.9 Å². The van der Waals surface area contributed by atoms with Crippen LogP contribution in [0.15, 0.2) is 42.5 Å². The van der Waals surface area contributed by atoms with E-state index < -0.39 is 5.97 Å². The van der Waals surface area contributed by atoms with Crippen LogP contribution in [0.4, 0.5) is 0 Å². The van der Waals surface area contributed by atoms with Crippen LogP contribution in [0.3, 0.4) is 0 Å². The lowest BCUT2D eigenvalue weighted by atomic mass is 9.68. The molecule has 0 radical (unpaired) electrons. The van der Waals surface area contributed by atoms with E-state index in [0.29, 0.717) is 5.92 Å². The first kappa shape index (κ1) is 18.4. The van der Waals surface area contributed by atoms with E-state index in [4.69, 9.17) is 17.3 Å². The molecule has 0 heterocycles. The Balaban J connectivity index is 1.94. The molecular formula is C23H22O2S. The lowest BCUT2D eigenvalue weighted by Crippen LogP contribution is -2.28. The van der Waals surface area contributed by atoms with Crippen LogP contribution in [-0.2, 0) is 5.41 Å². The van der Waals surface area contributed by atoms with Crippen LogP contribution in [0, 0.1) is 11.8 Å². The molecule has 2 aromatic rings. The molecule has 0 saturated carbocycles. The van der Waals surface area contributed by atoms with Gasteiger partial charge in [0, 0.05) is 17.0 Å². The zero-order valence-corrected chi connectivity index (χ0v) is 16.1. The first-order valence-corrected chi connectivity index (χ1v) is 9.19. The lowest BCUT2D eigenvalue weighted by molar-refractivity contribution is 0.0697. The van der Waals surface area contributed by atoms with Gasteiger partial charge in [0.2, 0.25) is 0 Å². The van der Waals surface area contributed by atoms with Crippen LogP contribution in [0.5, 0.6) is 0 Å². The minimum Gasteiger partial charge on any atom is -0.478 e. The van der Waals surface area contributed by atoms with Crippen LogP contribution in [0.2, 0.25) is 0 Å². The number of fused-ring (bicyclic) bond motifs is 1. The van der Waals surface area contributed by atoms with E-state index in [1.165, 1.54) is 11.1 Å². The maximum Gasteiger partial charge on any atom is 0.335 e. The molecule has 0 spiro atoms. The van der Waals surface area contributed by atoms with Gasteiger partial charge in [-0.15, -0.1) is 0 Å². The number of rotatable bonds is 2. The SMILES string of the molecule is CC(=S)C1CCC(C)(C)c2cc(C#Cc3ccc(C(=O)O)cc3)ccc21. The number of carboxylic acid groups (broad SMARTS) is 1. The molecule has 1 aliphatic rings. The van der Waals surface area contributed by atoms with Gasteiger partial charge in [0.1, 0.15) is 0 Å². The second-order valence-corrected chi connectivity index (χ2v) is 8.16. The summed E-state index contributed by atoms with van der Waals surface area (Å²) in [5.74, 6) is 5.77. The Bertz CT molecular complexity index is 927. The van der Waals surface area contributed by atoms with Gasteiger partial charge in [0.25, 0.3) is 0 Å². The number of carbonyl (C=O) groups is 1. The van der Waals surface area contributed by atoms with Gasteiger partial charge in [-0.1, -0.05) is 44.0 Å². The number of carboxylic acids is 1. The summed E-state index contributed by atoms with van der Waals surface area (Å²) in [4.78, 5) is 12.0. The van der Waals surface area contributed by atoms with Crippen LogP contribution in [0.25, 0.3) is 0 Å². The predicted molar refractivity (Wildman–Crippen MR) is 109 cm³/mol. The Morgan fingerprint density at radius 2 is 1.73 bits per heavy atom. The monoisotopic (exact) mass is 362 g/mol. The second kappa shape index (κ2) is 7.05. The highest BCUT2D eigenvalue weighted by Crippen LogP contribution is 2.43. The second-order valence-electron chi connectivity index (χ2n) is 7.52. The van der Waals surface area contributed by atoms with E-state index in [1.54, 1.807) is 24.3 Å². The minimum absolute atomic E-state index is 0.122. The van der Waals surface area contributed by atoms with Gasteiger partial charge in [-0.2, -0.15) is 0 Å². The van der Waals surface area contributed by atoms with Gasteiger partial charge < -0.3 is 5.11 Å². The Labute approximate surface area is 160 Å². The summed E-state index contributed by atoms with van der Waals surface area (Å²) < 4.78 is 0. The van der Waals surface area contributed by atoms with Crippen molar-refractivity contribution in [2.75, 3.05) is 0 Å². The molecule has 2 aromatic carbocycles. The maximum atomic E-state index is 10.9. The average Bonchev–Trinajstić information content (AvgIpc) is 2.60. The zero-order valence-electron chi connectivity index (χ0n) is 15.3. The Kier molecular flexibility index (Phi) is 4.98. The summed E-state index contributed by atoms with van der Waals surface area (Å²) in [6.45, 7) is 6.60. The average molecular weight is 362 g/mol. The highest BCUT2D eigenvalue weighted by atomic mass is 32.1. The van der Waals surface area contributed by atoms with E-state index in [9.17, 15) is 4.79 Å². The van der Waals surface area contributed by atoms with Gasteiger partial charge in [-0.05, 0) is 77.6 Å². The molecule has 1 atom stereocenters. The molecule has 0 aromatic heterocycles. The van der Waals surface area contributed by atoms with Crippen molar-refractivity contribution in [2.45, 2.75) is 44.9 Å². The molecule has 2 nitrogen and oxygen atoms in total. The summed E-state index contributed by atoms with van der Waals surface area (Å²) in [5.41, 5.74) is 4.85. The summed E-state index contributed by atoms with van der Waals surface area (Å²) in [6.07, 6.45) is 2.22. The molecule has 0 amide bonds. The first-order chi connectivity index (χ1) is 12.3. The molecule has 1 aliphatic carbocycles. The van der Waals surface area contributed by atoms with Gasteiger partial charge in [0.15, 0.2) is 0 Å². The molecule has 132 valence electrons. The topological polar surface area (TPSA) is 37.3 Å². The largest absolute Gasteiger partial charge is 0.478 e. The van der Waals surface area contributed by atoms with Crippen LogP contribution in [0.1, 0.15) is 72.1 Å².